The molecular formula is C24H19ClN2O3S. The third kappa shape index (κ3) is 4.87. The van der Waals surface area contributed by atoms with Crippen molar-refractivity contribution in [2.24, 2.45) is 0 Å². The molecule has 4 aromatic rings. The summed E-state index contributed by atoms with van der Waals surface area (Å²) >= 11 is 6.05. The van der Waals surface area contributed by atoms with Gasteiger partial charge in [-0.05, 0) is 46.7 Å². The van der Waals surface area contributed by atoms with E-state index in [9.17, 15) is 13.2 Å². The normalized spacial score (nSPS) is 11.3. The van der Waals surface area contributed by atoms with E-state index in [4.69, 9.17) is 11.6 Å². The van der Waals surface area contributed by atoms with Crippen LogP contribution in [0.5, 0.6) is 0 Å². The molecule has 2 N–H and O–H groups in total. The SMILES string of the molecule is O=C(Cc1cccc2ccccc12)Nc1cccc(S(=O)(=O)Nc2ccccc2Cl)c1. The van der Waals surface area contributed by atoms with Crippen molar-refractivity contribution in [3.63, 3.8) is 0 Å². The lowest BCUT2D eigenvalue weighted by Gasteiger charge is -2.12. The molecule has 0 radical (unpaired) electrons. The van der Waals surface area contributed by atoms with Crippen LogP contribution in [0, 0.1) is 0 Å². The Hall–Kier alpha value is -3.35. The van der Waals surface area contributed by atoms with Gasteiger partial charge >= 0.3 is 0 Å². The fraction of sp³-hybridized carbons (Fsp3) is 0.0417. The smallest absolute Gasteiger partial charge is 0.262 e. The number of carbonyl (C=O) groups is 1. The van der Waals surface area contributed by atoms with Crippen LogP contribution in [0.25, 0.3) is 10.8 Å². The molecule has 0 aliphatic rings. The zero-order chi connectivity index (χ0) is 21.8. The highest BCUT2D eigenvalue weighted by Gasteiger charge is 2.17. The van der Waals surface area contributed by atoms with Gasteiger partial charge in [0.1, 0.15) is 0 Å². The summed E-state index contributed by atoms with van der Waals surface area (Å²) < 4.78 is 28.0. The Balaban J connectivity index is 1.52. The number of nitrogens with one attached hydrogen (secondary N) is 2. The minimum atomic E-state index is -3.87. The summed E-state index contributed by atoms with van der Waals surface area (Å²) in [6.45, 7) is 0. The van der Waals surface area contributed by atoms with Crippen LogP contribution in [0.1, 0.15) is 5.56 Å². The van der Waals surface area contributed by atoms with Crippen LogP contribution >= 0.6 is 11.6 Å². The zero-order valence-electron chi connectivity index (χ0n) is 16.4. The molecular weight excluding hydrogens is 432 g/mol. The number of carbonyl (C=O) groups excluding carboxylic acids is 1. The minimum absolute atomic E-state index is 0.0235. The summed E-state index contributed by atoms with van der Waals surface area (Å²) in [6, 6.07) is 26.4. The van der Waals surface area contributed by atoms with Gasteiger partial charge in [-0.2, -0.15) is 0 Å². The van der Waals surface area contributed by atoms with E-state index in [1.807, 2.05) is 42.5 Å². The number of rotatable bonds is 6. The first-order valence-electron chi connectivity index (χ1n) is 9.56. The summed E-state index contributed by atoms with van der Waals surface area (Å²) in [7, 11) is -3.87. The number of amides is 1. The van der Waals surface area contributed by atoms with Gasteiger partial charge in [-0.25, -0.2) is 8.42 Å². The quantitative estimate of drug-likeness (QED) is 0.408. The maximum atomic E-state index is 12.7. The fourth-order valence-corrected chi connectivity index (χ4v) is 4.68. The molecule has 1 amide bonds. The molecule has 5 nitrogen and oxygen atoms in total. The molecule has 0 heterocycles. The molecule has 0 aromatic heterocycles. The molecule has 0 spiro atoms. The molecule has 0 bridgehead atoms. The van der Waals surface area contributed by atoms with E-state index in [0.717, 1.165) is 16.3 Å². The number of fused-ring (bicyclic) bond motifs is 1. The van der Waals surface area contributed by atoms with Crippen molar-refractivity contribution in [2.45, 2.75) is 11.3 Å². The van der Waals surface area contributed by atoms with Gasteiger partial charge in [0.15, 0.2) is 0 Å². The van der Waals surface area contributed by atoms with Crippen LogP contribution < -0.4 is 10.0 Å². The lowest BCUT2D eigenvalue weighted by Crippen LogP contribution is -2.16. The molecule has 0 unspecified atom stereocenters. The summed E-state index contributed by atoms with van der Waals surface area (Å²) in [5, 5.41) is 5.16. The highest BCUT2D eigenvalue weighted by atomic mass is 35.5. The molecule has 0 saturated heterocycles. The number of benzene rings is 4. The average Bonchev–Trinajstić information content (AvgIpc) is 2.76. The van der Waals surface area contributed by atoms with E-state index in [1.165, 1.54) is 12.1 Å². The Kier molecular flexibility index (Phi) is 5.93. The Bertz CT molecular complexity index is 1360. The van der Waals surface area contributed by atoms with Gasteiger partial charge in [-0.15, -0.1) is 0 Å². The standard InChI is InChI=1S/C24H19ClN2O3S/c25-22-13-3-4-14-23(22)27-31(29,30)20-11-6-10-19(16-20)26-24(28)15-18-9-5-8-17-7-1-2-12-21(17)18/h1-14,16,27H,15H2,(H,26,28). The summed E-state index contributed by atoms with van der Waals surface area (Å²) in [4.78, 5) is 12.7. The third-order valence-corrected chi connectivity index (χ3v) is 6.47. The lowest BCUT2D eigenvalue weighted by molar-refractivity contribution is -0.115. The van der Waals surface area contributed by atoms with Gasteiger partial charge < -0.3 is 5.32 Å². The van der Waals surface area contributed by atoms with Gasteiger partial charge in [0.2, 0.25) is 5.91 Å². The Morgan fingerprint density at radius 2 is 1.55 bits per heavy atom. The van der Waals surface area contributed by atoms with Crippen LogP contribution in [0.3, 0.4) is 0 Å². The van der Waals surface area contributed by atoms with Crippen LogP contribution in [-0.2, 0) is 21.2 Å². The second-order valence-electron chi connectivity index (χ2n) is 6.98. The molecule has 31 heavy (non-hydrogen) atoms. The van der Waals surface area contributed by atoms with Crippen LogP contribution in [-0.4, -0.2) is 14.3 Å². The first-order chi connectivity index (χ1) is 14.9. The number of para-hydroxylation sites is 1. The van der Waals surface area contributed by atoms with Crippen LogP contribution in [0.15, 0.2) is 95.9 Å². The monoisotopic (exact) mass is 450 g/mol. The first kappa shape index (κ1) is 20.9. The van der Waals surface area contributed by atoms with Crippen molar-refractivity contribution in [3.05, 3.63) is 102 Å². The molecule has 0 fully saturated rings. The average molecular weight is 451 g/mol. The Labute approximate surface area is 185 Å². The predicted molar refractivity (Wildman–Crippen MR) is 125 cm³/mol. The molecule has 0 aliphatic carbocycles. The van der Waals surface area contributed by atoms with Crippen molar-refractivity contribution in [1.82, 2.24) is 0 Å². The molecule has 7 heteroatoms. The Morgan fingerprint density at radius 3 is 2.39 bits per heavy atom. The van der Waals surface area contributed by atoms with E-state index in [2.05, 4.69) is 10.0 Å². The largest absolute Gasteiger partial charge is 0.326 e. The number of sulfonamides is 1. The molecule has 4 rings (SSSR count). The molecule has 4 aromatic carbocycles. The Morgan fingerprint density at radius 1 is 0.839 bits per heavy atom. The fourth-order valence-electron chi connectivity index (χ4n) is 3.31. The highest BCUT2D eigenvalue weighted by molar-refractivity contribution is 7.92. The van der Waals surface area contributed by atoms with E-state index < -0.39 is 10.0 Å². The van der Waals surface area contributed by atoms with Crippen molar-refractivity contribution < 1.29 is 13.2 Å². The zero-order valence-corrected chi connectivity index (χ0v) is 18.0. The molecule has 0 aliphatic heterocycles. The molecule has 156 valence electrons. The predicted octanol–water partition coefficient (Wildman–Crippen LogP) is 5.48. The topological polar surface area (TPSA) is 75.3 Å². The lowest BCUT2D eigenvalue weighted by atomic mass is 10.0. The number of hydrogen-bond donors (Lipinski definition) is 2. The van der Waals surface area contributed by atoms with E-state index >= 15 is 0 Å². The maximum Gasteiger partial charge on any atom is 0.262 e. The van der Waals surface area contributed by atoms with Crippen molar-refractivity contribution >= 4 is 49.7 Å². The van der Waals surface area contributed by atoms with Crippen LogP contribution in [0.4, 0.5) is 11.4 Å². The van der Waals surface area contributed by atoms with Crippen molar-refractivity contribution in [3.8, 4) is 0 Å². The van der Waals surface area contributed by atoms with Gasteiger partial charge in [-0.1, -0.05) is 72.3 Å². The maximum absolute atomic E-state index is 12.7. The summed E-state index contributed by atoms with van der Waals surface area (Å²) in [5.41, 5.74) is 1.58. The van der Waals surface area contributed by atoms with Crippen molar-refractivity contribution in [2.75, 3.05) is 10.0 Å². The second kappa shape index (κ2) is 8.79. The molecule has 0 saturated carbocycles. The van der Waals surface area contributed by atoms with Crippen molar-refractivity contribution in [1.29, 1.82) is 0 Å². The van der Waals surface area contributed by atoms with E-state index in [0.29, 0.717) is 10.7 Å². The minimum Gasteiger partial charge on any atom is -0.326 e. The first-order valence-corrected chi connectivity index (χ1v) is 11.4. The number of halogens is 1. The number of anilines is 2. The van der Waals surface area contributed by atoms with E-state index in [1.54, 1.807) is 36.4 Å². The van der Waals surface area contributed by atoms with Gasteiger partial charge in [-0.3, -0.25) is 9.52 Å². The van der Waals surface area contributed by atoms with E-state index in [-0.39, 0.29) is 22.9 Å². The number of hydrogen-bond acceptors (Lipinski definition) is 3. The van der Waals surface area contributed by atoms with Gasteiger partial charge in [0, 0.05) is 5.69 Å². The third-order valence-electron chi connectivity index (χ3n) is 4.78. The second-order valence-corrected chi connectivity index (χ2v) is 9.07. The molecule has 0 atom stereocenters. The van der Waals surface area contributed by atoms with Gasteiger partial charge in [0.25, 0.3) is 10.0 Å². The highest BCUT2D eigenvalue weighted by Crippen LogP contribution is 2.25. The van der Waals surface area contributed by atoms with Crippen LogP contribution in [0.2, 0.25) is 5.02 Å². The van der Waals surface area contributed by atoms with Gasteiger partial charge in [0.05, 0.1) is 22.0 Å². The summed E-state index contributed by atoms with van der Waals surface area (Å²) in [5.74, 6) is -0.232. The summed E-state index contributed by atoms with van der Waals surface area (Å²) in [6.07, 6.45) is 0.177.